The van der Waals surface area contributed by atoms with Crippen molar-refractivity contribution < 1.29 is 23.5 Å². The second-order valence-electron chi connectivity index (χ2n) is 9.63. The molecule has 9 nitrogen and oxygen atoms in total. The fourth-order valence-electron chi connectivity index (χ4n) is 5.29. The van der Waals surface area contributed by atoms with Crippen LogP contribution in [0, 0.1) is 22.6 Å². The molecule has 3 aliphatic heterocycles. The number of hydrogen-bond donors (Lipinski definition) is 2. The topological polar surface area (TPSA) is 118 Å². The monoisotopic (exact) mass is 485 g/mol. The van der Waals surface area contributed by atoms with E-state index in [4.69, 9.17) is 15.6 Å². The molecule has 0 bridgehead atoms. The van der Waals surface area contributed by atoms with Crippen LogP contribution in [0.4, 0.5) is 4.39 Å². The van der Waals surface area contributed by atoms with Crippen LogP contribution in [0.25, 0.3) is 0 Å². The first kappa shape index (κ1) is 25.0. The summed E-state index contributed by atoms with van der Waals surface area (Å²) >= 11 is 0. The van der Waals surface area contributed by atoms with Crippen LogP contribution in [-0.4, -0.2) is 82.5 Å². The van der Waals surface area contributed by atoms with Gasteiger partial charge in [0.05, 0.1) is 23.7 Å². The number of rotatable bonds is 7. The molecule has 0 radical (unpaired) electrons. The number of ether oxygens (including phenoxy) is 1. The maximum absolute atomic E-state index is 14.2. The van der Waals surface area contributed by atoms with Crippen LogP contribution in [0.15, 0.2) is 18.2 Å². The summed E-state index contributed by atoms with van der Waals surface area (Å²) < 4.78 is 20.0. The van der Waals surface area contributed by atoms with Gasteiger partial charge in [0.25, 0.3) is 17.7 Å². The van der Waals surface area contributed by atoms with Crippen molar-refractivity contribution in [1.29, 1.82) is 10.8 Å². The van der Waals surface area contributed by atoms with Crippen molar-refractivity contribution in [1.82, 2.24) is 14.7 Å². The van der Waals surface area contributed by atoms with Crippen LogP contribution in [0.1, 0.15) is 66.7 Å². The number of halogens is 1. The average Bonchev–Trinajstić information content (AvgIpc) is 3.08. The maximum atomic E-state index is 14.2. The van der Waals surface area contributed by atoms with Gasteiger partial charge in [-0.2, -0.15) is 0 Å². The Morgan fingerprint density at radius 3 is 2.51 bits per heavy atom. The number of fused-ring (bicyclic) bond motifs is 1. The highest BCUT2D eigenvalue weighted by molar-refractivity contribution is 6.23. The second-order valence-corrected chi connectivity index (χ2v) is 9.63. The van der Waals surface area contributed by atoms with Gasteiger partial charge in [0.15, 0.2) is 5.90 Å². The molecule has 3 heterocycles. The third kappa shape index (κ3) is 4.71. The molecule has 2 fully saturated rings. The summed E-state index contributed by atoms with van der Waals surface area (Å²) in [5.74, 6) is -2.48. The van der Waals surface area contributed by atoms with Crippen molar-refractivity contribution in [2.24, 2.45) is 5.92 Å². The molecular weight excluding hydrogens is 453 g/mol. The summed E-state index contributed by atoms with van der Waals surface area (Å²) in [6, 6.07) is 2.59. The predicted molar refractivity (Wildman–Crippen MR) is 127 cm³/mol. The predicted octanol–water partition coefficient (Wildman–Crippen LogP) is 2.89. The van der Waals surface area contributed by atoms with Crippen LogP contribution < -0.4 is 0 Å². The minimum atomic E-state index is -1.10. The quantitative estimate of drug-likeness (QED) is 0.350. The minimum Gasteiger partial charge on any atom is -0.478 e. The number of likely N-dealkylation sites (tertiary alicyclic amines) is 2. The Hall–Kier alpha value is -3.14. The molecule has 2 N–H and O–H groups in total. The van der Waals surface area contributed by atoms with Crippen LogP contribution in [0.2, 0.25) is 0 Å². The van der Waals surface area contributed by atoms with Gasteiger partial charge in [0.1, 0.15) is 24.3 Å². The van der Waals surface area contributed by atoms with E-state index in [2.05, 4.69) is 18.7 Å². The summed E-state index contributed by atoms with van der Waals surface area (Å²) in [6.45, 7) is 6.00. The van der Waals surface area contributed by atoms with Crippen molar-refractivity contribution in [2.75, 3.05) is 26.2 Å². The molecule has 3 aliphatic rings. The lowest BCUT2D eigenvalue weighted by molar-refractivity contribution is -0.133. The summed E-state index contributed by atoms with van der Waals surface area (Å²) in [4.78, 5) is 43.2. The van der Waals surface area contributed by atoms with Gasteiger partial charge in [-0.15, -0.1) is 0 Å². The van der Waals surface area contributed by atoms with Gasteiger partial charge in [-0.3, -0.25) is 39.9 Å². The Bertz CT molecular complexity index is 1050. The standard InChI is InChI=1S/C25H32FN5O4/c1-15(2)21(29-11-4-3-5-12-29)22(28)35-14-13-30-19(27)10-9-18(24(30)33)31-23(32)16-7-6-8-17(26)20(16)25(31)34/h6-8,15,18,21,27-28H,3-5,9-14H2,1-2H3. The highest BCUT2D eigenvalue weighted by Gasteiger charge is 2.47. The van der Waals surface area contributed by atoms with Crippen LogP contribution in [0.3, 0.4) is 0 Å². The first-order valence-corrected chi connectivity index (χ1v) is 12.2. The van der Waals surface area contributed by atoms with E-state index in [0.29, 0.717) is 0 Å². The third-order valence-electron chi connectivity index (χ3n) is 7.00. The van der Waals surface area contributed by atoms with Gasteiger partial charge in [0.2, 0.25) is 0 Å². The SMILES string of the molecule is CC(C)C(C(=N)OCCN1C(=N)CCC(N2C(=O)c3cccc(F)c3C2=O)C1=O)N1CCCCC1. The van der Waals surface area contributed by atoms with Gasteiger partial charge in [-0.05, 0) is 50.4 Å². The molecule has 10 heteroatoms. The number of amides is 3. The van der Waals surface area contributed by atoms with Gasteiger partial charge in [-0.1, -0.05) is 26.3 Å². The lowest BCUT2D eigenvalue weighted by Crippen LogP contribution is -2.56. The summed E-state index contributed by atoms with van der Waals surface area (Å²) in [5, 5.41) is 16.7. The fraction of sp³-hybridized carbons (Fsp3) is 0.560. The number of nitrogens with one attached hydrogen (secondary N) is 2. The van der Waals surface area contributed by atoms with E-state index in [0.717, 1.165) is 36.9 Å². The maximum Gasteiger partial charge on any atom is 0.265 e. The van der Waals surface area contributed by atoms with Crippen molar-refractivity contribution in [3.63, 3.8) is 0 Å². The molecule has 2 atom stereocenters. The molecule has 3 amide bonds. The number of nitrogens with zero attached hydrogens (tertiary/aromatic N) is 3. The molecule has 1 aromatic carbocycles. The molecule has 2 saturated heterocycles. The number of benzene rings is 1. The van der Waals surface area contributed by atoms with Crippen molar-refractivity contribution in [3.05, 3.63) is 35.1 Å². The number of imide groups is 1. The van der Waals surface area contributed by atoms with E-state index in [9.17, 15) is 18.8 Å². The van der Waals surface area contributed by atoms with E-state index >= 15 is 0 Å². The van der Waals surface area contributed by atoms with Crippen LogP contribution >= 0.6 is 0 Å². The molecule has 1 aromatic rings. The number of carbonyl (C=O) groups is 3. The van der Waals surface area contributed by atoms with E-state index in [1.54, 1.807) is 0 Å². The third-order valence-corrected chi connectivity index (χ3v) is 7.00. The Morgan fingerprint density at radius 1 is 1.14 bits per heavy atom. The van der Waals surface area contributed by atoms with Crippen LogP contribution in [0.5, 0.6) is 0 Å². The second kappa shape index (κ2) is 10.2. The molecule has 0 aliphatic carbocycles. The molecule has 0 aromatic heterocycles. The summed E-state index contributed by atoms with van der Waals surface area (Å²) in [5.41, 5.74) is -0.365. The number of piperidine rings is 2. The smallest absolute Gasteiger partial charge is 0.265 e. The minimum absolute atomic E-state index is 0.0213. The highest BCUT2D eigenvalue weighted by Crippen LogP contribution is 2.30. The van der Waals surface area contributed by atoms with Crippen molar-refractivity contribution >= 4 is 29.5 Å². The largest absolute Gasteiger partial charge is 0.478 e. The number of hydrogen-bond acceptors (Lipinski definition) is 7. The molecular formula is C25H32FN5O4. The molecule has 0 saturated carbocycles. The van der Waals surface area contributed by atoms with Gasteiger partial charge in [-0.25, -0.2) is 4.39 Å². The zero-order chi connectivity index (χ0) is 25.3. The van der Waals surface area contributed by atoms with Gasteiger partial charge >= 0.3 is 0 Å². The normalized spacial score (nSPS) is 22.1. The first-order chi connectivity index (χ1) is 16.7. The lowest BCUT2D eigenvalue weighted by Gasteiger charge is -2.37. The lowest BCUT2D eigenvalue weighted by atomic mass is 9.99. The summed E-state index contributed by atoms with van der Waals surface area (Å²) in [7, 11) is 0. The van der Waals surface area contributed by atoms with E-state index in [-0.39, 0.29) is 60.8 Å². The molecule has 188 valence electrons. The number of carbonyl (C=O) groups excluding carboxylic acids is 3. The molecule has 0 spiro atoms. The summed E-state index contributed by atoms with van der Waals surface area (Å²) in [6.07, 6.45) is 3.68. The zero-order valence-corrected chi connectivity index (χ0v) is 20.2. The Balaban J connectivity index is 1.41. The van der Waals surface area contributed by atoms with Gasteiger partial charge in [0, 0.05) is 6.42 Å². The van der Waals surface area contributed by atoms with Crippen molar-refractivity contribution in [3.8, 4) is 0 Å². The first-order valence-electron chi connectivity index (χ1n) is 12.2. The Kier molecular flexibility index (Phi) is 7.30. The Labute approximate surface area is 204 Å². The van der Waals surface area contributed by atoms with Crippen molar-refractivity contribution in [2.45, 2.75) is 58.0 Å². The van der Waals surface area contributed by atoms with E-state index in [1.165, 1.54) is 23.5 Å². The number of amidine groups is 1. The Morgan fingerprint density at radius 2 is 1.86 bits per heavy atom. The fourth-order valence-corrected chi connectivity index (χ4v) is 5.29. The van der Waals surface area contributed by atoms with Gasteiger partial charge < -0.3 is 4.74 Å². The highest BCUT2D eigenvalue weighted by atomic mass is 19.1. The zero-order valence-electron chi connectivity index (χ0n) is 20.2. The van der Waals surface area contributed by atoms with E-state index in [1.807, 2.05) is 0 Å². The molecule has 4 rings (SSSR count). The van der Waals surface area contributed by atoms with Crippen LogP contribution in [-0.2, 0) is 9.53 Å². The average molecular weight is 486 g/mol. The molecule has 2 unspecified atom stereocenters. The molecule has 35 heavy (non-hydrogen) atoms. The van der Waals surface area contributed by atoms with E-state index < -0.39 is 29.6 Å².